The van der Waals surface area contributed by atoms with Crippen molar-refractivity contribution in [3.05, 3.63) is 100 Å². The maximum atomic E-state index is 14.9. The zero-order valence-electron chi connectivity index (χ0n) is 18.4. The van der Waals surface area contributed by atoms with Crippen molar-refractivity contribution < 1.29 is 9.18 Å². The molecule has 9 nitrogen and oxygen atoms in total. The summed E-state index contributed by atoms with van der Waals surface area (Å²) in [6.07, 6.45) is 12.7. The summed E-state index contributed by atoms with van der Waals surface area (Å²) >= 11 is 0. The highest BCUT2D eigenvalue weighted by molar-refractivity contribution is 5.98. The molecule has 5 rings (SSSR count). The van der Waals surface area contributed by atoms with E-state index in [0.29, 0.717) is 11.1 Å². The zero-order valence-corrected chi connectivity index (χ0v) is 18.4. The molecule has 1 aromatic carbocycles. The van der Waals surface area contributed by atoms with E-state index in [1.165, 1.54) is 24.7 Å². The summed E-state index contributed by atoms with van der Waals surface area (Å²) in [5.74, 6) is -1.33. The van der Waals surface area contributed by atoms with E-state index in [2.05, 4.69) is 31.0 Å². The fourth-order valence-electron chi connectivity index (χ4n) is 3.58. The van der Waals surface area contributed by atoms with Gasteiger partial charge in [0.1, 0.15) is 11.4 Å². The molecule has 0 spiro atoms. The lowest BCUT2D eigenvalue weighted by Gasteiger charge is -2.14. The van der Waals surface area contributed by atoms with Crippen molar-refractivity contribution in [2.24, 2.45) is 10.2 Å². The van der Waals surface area contributed by atoms with Crippen molar-refractivity contribution in [2.45, 2.75) is 18.9 Å². The number of fused-ring (bicyclic) bond motifs is 1. The van der Waals surface area contributed by atoms with Crippen LogP contribution in [-0.4, -0.2) is 32.9 Å². The van der Waals surface area contributed by atoms with Crippen LogP contribution in [0.5, 0.6) is 0 Å². The molecule has 1 fully saturated rings. The molecular weight excluding hydrogens is 449 g/mol. The van der Waals surface area contributed by atoms with Gasteiger partial charge in [0.15, 0.2) is 0 Å². The Morgan fingerprint density at radius 1 is 1.06 bits per heavy atom. The van der Waals surface area contributed by atoms with Crippen molar-refractivity contribution in [1.82, 2.24) is 20.0 Å². The Morgan fingerprint density at radius 3 is 2.37 bits per heavy atom. The molecule has 1 amide bonds. The molecule has 0 radical (unpaired) electrons. The largest absolute Gasteiger partial charge is 0.343 e. The van der Waals surface area contributed by atoms with Gasteiger partial charge in [0.2, 0.25) is 5.43 Å². The molecule has 1 saturated carbocycles. The van der Waals surface area contributed by atoms with E-state index in [4.69, 9.17) is 0 Å². The van der Waals surface area contributed by atoms with E-state index in [9.17, 15) is 14.0 Å². The molecule has 2 N–H and O–H groups in total. The smallest absolute Gasteiger partial charge is 0.276 e. The third-order valence-corrected chi connectivity index (χ3v) is 5.45. The number of benzene rings is 1. The number of pyridine rings is 3. The van der Waals surface area contributed by atoms with Gasteiger partial charge in [-0.1, -0.05) is 12.1 Å². The first kappa shape index (κ1) is 22.1. The Morgan fingerprint density at radius 2 is 1.74 bits per heavy atom. The van der Waals surface area contributed by atoms with Gasteiger partial charge in [-0.15, -0.1) is 0 Å². The van der Waals surface area contributed by atoms with Gasteiger partial charge in [0, 0.05) is 53.5 Å². The minimum Gasteiger partial charge on any atom is -0.343 e. The third kappa shape index (κ3) is 4.96. The second kappa shape index (κ2) is 9.64. The van der Waals surface area contributed by atoms with E-state index in [0.717, 1.165) is 24.5 Å². The van der Waals surface area contributed by atoms with Crippen LogP contribution in [-0.2, 0) is 0 Å². The monoisotopic (exact) mass is 469 g/mol. The maximum Gasteiger partial charge on any atom is 0.276 e. The molecule has 0 bridgehead atoms. The van der Waals surface area contributed by atoms with Gasteiger partial charge in [-0.25, -0.2) is 9.82 Å². The molecule has 0 unspecified atom stereocenters. The summed E-state index contributed by atoms with van der Waals surface area (Å²) in [5.41, 5.74) is 6.45. The van der Waals surface area contributed by atoms with Crippen molar-refractivity contribution in [3.63, 3.8) is 0 Å². The summed E-state index contributed by atoms with van der Waals surface area (Å²) in [6.45, 7) is 0. The molecule has 0 atom stereocenters. The number of amides is 1. The molecule has 3 heterocycles. The minimum atomic E-state index is -0.671. The van der Waals surface area contributed by atoms with E-state index in [1.807, 2.05) is 10.6 Å². The standard InChI is InChI=1S/C25H20FN7O2/c26-21-9-19-23(10-22(21)31-29-13-16-3-1-7-27-11-16)33(18-5-6-18)15-20(24(19)34)25(35)32-30-14-17-4-2-8-28-12-17/h1-4,7-15,18,31H,5-6H2,(H,32,35)/b29-13+,30-14+. The molecular formula is C25H20FN7O2. The number of nitrogens with zero attached hydrogens (tertiary/aromatic N) is 5. The number of carbonyl (C=O) groups excluding carboxylic acids is 1. The van der Waals surface area contributed by atoms with Gasteiger partial charge in [-0.3, -0.25) is 25.0 Å². The number of carbonyl (C=O) groups is 1. The topological polar surface area (TPSA) is 114 Å². The highest BCUT2D eigenvalue weighted by atomic mass is 19.1. The number of nitrogens with one attached hydrogen (secondary N) is 2. The summed E-state index contributed by atoms with van der Waals surface area (Å²) in [7, 11) is 0. The first-order valence-electron chi connectivity index (χ1n) is 10.9. The van der Waals surface area contributed by atoms with Gasteiger partial charge < -0.3 is 4.57 Å². The van der Waals surface area contributed by atoms with Crippen molar-refractivity contribution in [3.8, 4) is 0 Å². The highest BCUT2D eigenvalue weighted by Crippen LogP contribution is 2.37. The van der Waals surface area contributed by atoms with E-state index in [1.54, 1.807) is 43.0 Å². The minimum absolute atomic E-state index is 0.109. The maximum absolute atomic E-state index is 14.9. The van der Waals surface area contributed by atoms with Crippen LogP contribution in [0.25, 0.3) is 10.9 Å². The summed E-state index contributed by atoms with van der Waals surface area (Å²) < 4.78 is 16.7. The van der Waals surface area contributed by atoms with Gasteiger partial charge in [-0.05, 0) is 37.1 Å². The molecule has 4 aromatic rings. The second-order valence-corrected chi connectivity index (χ2v) is 8.00. The number of rotatable bonds is 7. The second-order valence-electron chi connectivity index (χ2n) is 8.00. The van der Waals surface area contributed by atoms with Crippen LogP contribution in [0.15, 0.2) is 82.4 Å². The molecule has 10 heteroatoms. The Hall–Kier alpha value is -4.73. The average Bonchev–Trinajstić information content (AvgIpc) is 3.72. The Balaban J connectivity index is 1.45. The van der Waals surface area contributed by atoms with Crippen LogP contribution in [0, 0.1) is 5.82 Å². The van der Waals surface area contributed by atoms with Crippen molar-refractivity contribution in [2.75, 3.05) is 5.43 Å². The Bertz CT molecular complexity index is 1500. The highest BCUT2D eigenvalue weighted by Gasteiger charge is 2.27. The molecule has 0 saturated heterocycles. The van der Waals surface area contributed by atoms with Crippen LogP contribution < -0.4 is 16.3 Å². The van der Waals surface area contributed by atoms with E-state index < -0.39 is 17.2 Å². The number of aromatic nitrogens is 3. The third-order valence-electron chi connectivity index (χ3n) is 5.45. The molecule has 35 heavy (non-hydrogen) atoms. The predicted molar refractivity (Wildman–Crippen MR) is 131 cm³/mol. The lowest BCUT2D eigenvalue weighted by Crippen LogP contribution is -2.27. The van der Waals surface area contributed by atoms with Gasteiger partial charge >= 0.3 is 0 Å². The van der Waals surface area contributed by atoms with Crippen LogP contribution in [0.1, 0.15) is 40.4 Å². The van der Waals surface area contributed by atoms with Gasteiger partial charge in [0.05, 0.1) is 23.6 Å². The first-order chi connectivity index (χ1) is 17.1. The molecule has 0 aliphatic heterocycles. The molecule has 1 aliphatic rings. The number of hydrogen-bond acceptors (Lipinski definition) is 7. The Labute approximate surface area is 199 Å². The first-order valence-corrected chi connectivity index (χ1v) is 10.9. The summed E-state index contributed by atoms with van der Waals surface area (Å²) in [6, 6.07) is 9.88. The lowest BCUT2D eigenvalue weighted by molar-refractivity contribution is 0.0953. The quantitative estimate of drug-likeness (QED) is 0.318. The lowest BCUT2D eigenvalue weighted by atomic mass is 10.1. The Kier molecular flexibility index (Phi) is 6.08. The SMILES string of the molecule is O=C(N/N=C/c1cccnc1)c1cn(C2CC2)c2cc(N/N=C/c3cccnc3)c(F)cc2c1=O. The summed E-state index contributed by atoms with van der Waals surface area (Å²) in [4.78, 5) is 33.8. The molecule has 174 valence electrons. The number of hydrogen-bond donors (Lipinski definition) is 2. The zero-order chi connectivity index (χ0) is 24.2. The average molecular weight is 469 g/mol. The number of anilines is 1. The normalized spacial score (nSPS) is 13.5. The van der Waals surface area contributed by atoms with Crippen LogP contribution in [0.2, 0.25) is 0 Å². The number of hydrazone groups is 2. The molecule has 3 aromatic heterocycles. The fourth-order valence-corrected chi connectivity index (χ4v) is 3.58. The molecule has 1 aliphatic carbocycles. The van der Waals surface area contributed by atoms with Crippen LogP contribution in [0.3, 0.4) is 0 Å². The van der Waals surface area contributed by atoms with Crippen LogP contribution >= 0.6 is 0 Å². The predicted octanol–water partition coefficient (Wildman–Crippen LogP) is 3.48. The van der Waals surface area contributed by atoms with Crippen LogP contribution in [0.4, 0.5) is 10.1 Å². The van der Waals surface area contributed by atoms with Crippen molar-refractivity contribution >= 4 is 34.9 Å². The van der Waals surface area contributed by atoms with E-state index >= 15 is 0 Å². The summed E-state index contributed by atoms with van der Waals surface area (Å²) in [5, 5.41) is 8.08. The van der Waals surface area contributed by atoms with Gasteiger partial charge in [-0.2, -0.15) is 10.2 Å². The van der Waals surface area contributed by atoms with Crippen molar-refractivity contribution in [1.29, 1.82) is 0 Å². The fraction of sp³-hybridized carbons (Fsp3) is 0.120. The van der Waals surface area contributed by atoms with E-state index in [-0.39, 0.29) is 22.7 Å². The number of halogens is 1. The van der Waals surface area contributed by atoms with Gasteiger partial charge in [0.25, 0.3) is 5.91 Å².